The minimum absolute atomic E-state index is 0.00130. The van der Waals surface area contributed by atoms with Crippen molar-refractivity contribution in [2.75, 3.05) is 35.0 Å². The van der Waals surface area contributed by atoms with E-state index >= 15 is 0 Å². The van der Waals surface area contributed by atoms with Crippen LogP contribution in [0.15, 0.2) is 134 Å². The molecule has 1 aliphatic heterocycles. The summed E-state index contributed by atoms with van der Waals surface area (Å²) in [4.78, 5) is 114. The molecule has 0 amide bonds. The number of H-pyrrole nitrogens is 4. The van der Waals surface area contributed by atoms with Crippen LogP contribution in [-0.2, 0) is 18.3 Å². The van der Waals surface area contributed by atoms with E-state index in [0.717, 1.165) is 113 Å². The molecule has 15 rings (SSSR count). The lowest BCUT2D eigenvalue weighted by atomic mass is 9.74. The Hall–Kier alpha value is -5.89. The highest BCUT2D eigenvalue weighted by Gasteiger charge is 2.33. The van der Waals surface area contributed by atoms with Crippen LogP contribution in [0.3, 0.4) is 0 Å². The Bertz CT molecular complexity index is 4810. The molecule has 0 spiro atoms. The normalized spacial score (nSPS) is 13.6. The number of nitriles is 1. The van der Waals surface area contributed by atoms with Gasteiger partial charge in [0.05, 0.1) is 113 Å². The number of nitro groups is 4. The van der Waals surface area contributed by atoms with Crippen molar-refractivity contribution in [2.45, 2.75) is 136 Å². The topological polar surface area (TPSA) is 563 Å². The fraction of sp³-hybridized carbons (Fsp3) is 0.387. The number of pyridine rings is 7. The molecule has 10 heterocycles. The van der Waals surface area contributed by atoms with Crippen LogP contribution in [0.2, 0.25) is 25.5 Å². The molecule has 9 aromatic rings. The maximum absolute atomic E-state index is 11.7. The quantitative estimate of drug-likeness (QED) is 0.0152. The Morgan fingerprint density at radius 1 is 0.638 bits per heavy atom. The van der Waals surface area contributed by atoms with E-state index in [0.29, 0.717) is 55.4 Å². The minimum atomic E-state index is -3.22. The van der Waals surface area contributed by atoms with Crippen molar-refractivity contribution in [3.05, 3.63) is 208 Å². The van der Waals surface area contributed by atoms with E-state index in [2.05, 4.69) is 197 Å². The third-order valence-electron chi connectivity index (χ3n) is 13.9. The third-order valence-corrected chi connectivity index (χ3v) is 17.5. The number of nitrogen functional groups attached to an aromatic ring is 1. The second-order valence-corrected chi connectivity index (χ2v) is 34.4. The van der Waals surface area contributed by atoms with Crippen molar-refractivity contribution in [1.29, 1.82) is 5.26 Å². The molecular formula is C62H78B3Br7Cl4IN20O18P. The number of fused-ring (bicyclic) bond motifs is 2. The molecule has 632 valence electrons. The zero-order valence-corrected chi connectivity index (χ0v) is 79.4. The van der Waals surface area contributed by atoms with Gasteiger partial charge in [-0.2, -0.15) is 5.26 Å². The number of hydrogen-bond donors (Lipinski definition) is 10. The minimum Gasteiger partial charge on any atom is -0.453 e. The summed E-state index contributed by atoms with van der Waals surface area (Å²) in [6.45, 7) is 10.9. The van der Waals surface area contributed by atoms with Crippen molar-refractivity contribution < 1.29 is 49.6 Å². The van der Waals surface area contributed by atoms with Crippen molar-refractivity contribution in [3.8, 4) is 6.07 Å². The highest BCUT2D eigenvalue weighted by atomic mass is 127. The lowest BCUT2D eigenvalue weighted by Crippen LogP contribution is -2.44. The monoisotopic (exact) mass is 2270 g/mol. The molecule has 0 radical (unpaired) electrons. The molecule has 0 atom stereocenters. The summed E-state index contributed by atoms with van der Waals surface area (Å²) < 4.78 is 37.8. The van der Waals surface area contributed by atoms with Crippen LogP contribution < -0.4 is 44.3 Å². The maximum Gasteiger partial charge on any atom is 0.426 e. The number of aryl methyl sites for hydroxylation is 1. The predicted molar refractivity (Wildman–Crippen MR) is 487 cm³/mol. The Balaban J connectivity index is 0.000000647. The average molecular weight is 2280 g/mol. The van der Waals surface area contributed by atoms with Gasteiger partial charge in [-0.15, -0.1) is 0 Å². The average Bonchev–Trinajstić information content (AvgIpc) is 1.62. The highest BCUT2D eigenvalue weighted by Crippen LogP contribution is 2.61. The number of aromatic nitrogens is 11. The fourth-order valence-electron chi connectivity index (χ4n) is 8.49. The van der Waals surface area contributed by atoms with Crippen LogP contribution in [0.4, 0.5) is 39.8 Å². The molecule has 0 unspecified atom stereocenters. The lowest BCUT2D eigenvalue weighted by molar-refractivity contribution is -0.386. The number of alkyl halides is 1. The van der Waals surface area contributed by atoms with Crippen molar-refractivity contribution >= 4 is 264 Å². The largest absolute Gasteiger partial charge is 0.453 e. The van der Waals surface area contributed by atoms with Gasteiger partial charge in [-0.1, -0.05) is 34.2 Å². The summed E-state index contributed by atoms with van der Waals surface area (Å²) >= 11 is 42.8. The first-order chi connectivity index (χ1) is 55.3. The van der Waals surface area contributed by atoms with Gasteiger partial charge in [-0.05, 0) is 222 Å². The first-order valence-electron chi connectivity index (χ1n) is 34.0. The first-order valence-corrected chi connectivity index (χ1v) is 47.3. The molecule has 1 saturated heterocycles. The molecule has 38 nitrogen and oxygen atoms in total. The molecule has 6 aliphatic rings. The SMILES string of the molecule is BrBr.CB1OB(C)OB(C)O1.CC#N.CCO.CO.Cc1cncc2[nH]c(=O)n(C3CC3)c12.NC1CC1.Nc1cncc(Br)c1NC1CC1.O=P(Cl)(Cl)Cl.O=[N+]([O-])c1cncc(Br)c1Cl.O=[N+]([O-])c1cncc(Br)c1NC1CC1.O=c1[nH]c2cncc(Br)c2n1C1CC1.O=c1c(Br)c[nH]cc1[N+](=O)[O-].O=c1cc[nH]cc1[N+](=O)[O-].[2H]CI. The number of aromatic amines is 4. The van der Waals surface area contributed by atoms with Gasteiger partial charge in [-0.25, -0.2) is 9.59 Å². The van der Waals surface area contributed by atoms with Crippen LogP contribution in [0.5, 0.6) is 0 Å². The van der Waals surface area contributed by atoms with E-state index in [1.807, 2.05) is 59.1 Å². The lowest BCUT2D eigenvalue weighted by Gasteiger charge is -2.25. The highest BCUT2D eigenvalue weighted by molar-refractivity contribution is 14.1. The number of rotatable bonds is 10. The van der Waals surface area contributed by atoms with E-state index in [1.54, 1.807) is 56.4 Å². The van der Waals surface area contributed by atoms with Gasteiger partial charge in [0.25, 0.3) is 10.9 Å². The van der Waals surface area contributed by atoms with Crippen molar-refractivity contribution in [2.24, 2.45) is 5.73 Å². The molecule has 5 aliphatic carbocycles. The number of nitrogens with two attached hydrogens (primary N) is 2. The molecule has 0 bridgehead atoms. The van der Waals surface area contributed by atoms with Gasteiger partial charge in [0.1, 0.15) is 23.1 Å². The van der Waals surface area contributed by atoms with Gasteiger partial charge in [0.15, 0.2) is 0 Å². The molecule has 5 saturated carbocycles. The number of halogens is 12. The van der Waals surface area contributed by atoms with Crippen molar-refractivity contribution in [3.63, 3.8) is 0 Å². The van der Waals surface area contributed by atoms with Gasteiger partial charge in [0, 0.05) is 130 Å². The first kappa shape index (κ1) is 106. The summed E-state index contributed by atoms with van der Waals surface area (Å²) in [5.41, 5.74) is 15.6. The molecule has 54 heteroatoms. The molecule has 12 N–H and O–H groups in total. The summed E-state index contributed by atoms with van der Waals surface area (Å²) in [6.07, 6.45) is 32.0. The van der Waals surface area contributed by atoms with Gasteiger partial charge < -0.3 is 66.0 Å². The molecule has 0 aromatic carbocycles. The van der Waals surface area contributed by atoms with Gasteiger partial charge >= 0.3 is 60.7 Å². The Kier molecular flexibility index (Phi) is 52.5. The molecule has 116 heavy (non-hydrogen) atoms. The zero-order valence-electron chi connectivity index (χ0n) is 63.2. The summed E-state index contributed by atoms with van der Waals surface area (Å²) in [7, 11) is 0.594. The second kappa shape index (κ2) is 57.4. The fourth-order valence-corrected chi connectivity index (χ4v) is 10.7. The van der Waals surface area contributed by atoms with Crippen molar-refractivity contribution in [1.82, 2.24) is 54.0 Å². The summed E-state index contributed by atoms with van der Waals surface area (Å²) in [5.74, 6) is 0. The van der Waals surface area contributed by atoms with Crippen LogP contribution in [0, 0.1) is 58.7 Å². The smallest absolute Gasteiger partial charge is 0.426 e. The summed E-state index contributed by atoms with van der Waals surface area (Å²) in [6, 6.07) is 5.24. The van der Waals surface area contributed by atoms with E-state index in [9.17, 15) is 64.2 Å². The Labute approximate surface area is 755 Å². The Morgan fingerprint density at radius 3 is 1.38 bits per heavy atom. The maximum atomic E-state index is 11.7. The van der Waals surface area contributed by atoms with Crippen LogP contribution in [0.1, 0.15) is 97.1 Å². The number of nitrogens with zero attached hydrogens (tertiary/aromatic N) is 12. The van der Waals surface area contributed by atoms with Crippen LogP contribution in [-0.4, -0.2) is 142 Å². The Morgan fingerprint density at radius 2 is 1.00 bits per heavy atom. The second-order valence-electron chi connectivity index (χ2n) is 23.2. The van der Waals surface area contributed by atoms with Crippen LogP contribution in [0.25, 0.3) is 22.1 Å². The summed E-state index contributed by atoms with van der Waals surface area (Å²) in [5, 5.41) is 66.2. The molecule has 9 aromatic heterocycles. The van der Waals surface area contributed by atoms with Gasteiger partial charge in [0.2, 0.25) is 0 Å². The molecule has 6 fully saturated rings. The number of aliphatic hydroxyl groups is 2. The number of anilines is 3. The van der Waals surface area contributed by atoms with E-state index in [1.165, 1.54) is 57.4 Å². The zero-order chi connectivity index (χ0) is 89.0. The third kappa shape index (κ3) is 41.9. The van der Waals surface area contributed by atoms with Crippen LogP contribution >= 0.6 is 181 Å². The standard InChI is InChI=1S/C10H11N3O.C9H8BrN3O.C8H8BrN3O2.C8H10BrN3.C5H2BrClN2O2.C5H3BrN2O3.C5H4N2O3.C3H9B3O3.C3H7N.C2H3N.C2H6O.CH3I.CH4O.Br2.Cl3OP/c1-6-4-11-5-8-9(6)13(7-2-3-7)10(14)12-8;10-6-3-11-4-7-8(6)13(5-1-2-5)9(14)12-7;9-6-3-10-4-7(12(13)14)8(6)11-5-1-2-5;9-6-3-11-4-7(10)8(6)12-5-1-2-5;6-3-1-8-2-4(5(3)7)9(10)11;6-3-1-7-2-4(5(3)9)8(10)11;8-5-1-2-6-3-4(5)7(9)10;1-4-7-5(2)9-6(3)8-4;4-3-1-2-3;2*1-2-3;3*1-2;1-5(2,3)4/h4-5,7H,2-3H2,1H3,(H,12,14);3-5H,1-2H2,(H,12,14);3-5H,1-2H2,(H,10,11);3-5H,1-2,10H2,(H,11,12);1-2H;1-2H,(H,7,9);1-3H,(H,6,8);1-3H3;3H,1-2,4H2;1H3;3H,2H2,1H3;1H3;2H,1H3;;/i;;;;;;;;;;;1D;;;. The predicted octanol–water partition coefficient (Wildman–Crippen LogP) is 17.5. The van der Waals surface area contributed by atoms with E-state index in [-0.39, 0.29) is 60.2 Å². The number of hydrogen-bond acceptors (Lipinski definition) is 28. The molecular weight excluding hydrogens is 2200 g/mol. The number of imidazole rings is 2. The number of aliphatic hydroxyl groups excluding tert-OH is 2. The van der Waals surface area contributed by atoms with E-state index < -0.39 is 47.1 Å². The van der Waals surface area contributed by atoms with E-state index in [4.69, 9.17) is 53.6 Å². The van der Waals surface area contributed by atoms with Gasteiger partial charge in [-0.3, -0.25) is 88.7 Å². The number of nitrogens with one attached hydrogen (secondary N) is 6.